The van der Waals surface area contributed by atoms with Crippen LogP contribution in [0.3, 0.4) is 0 Å². The van der Waals surface area contributed by atoms with Crippen molar-refractivity contribution in [2.75, 3.05) is 61.1 Å². The van der Waals surface area contributed by atoms with Crippen molar-refractivity contribution in [1.29, 1.82) is 0 Å². The highest BCUT2D eigenvalue weighted by molar-refractivity contribution is 7.99. The first kappa shape index (κ1) is 19.5. The highest BCUT2D eigenvalue weighted by Gasteiger charge is 2.19. The van der Waals surface area contributed by atoms with Crippen molar-refractivity contribution in [3.05, 3.63) is 48.3 Å². The third kappa shape index (κ3) is 5.59. The highest BCUT2D eigenvalue weighted by atomic mass is 32.2. The van der Waals surface area contributed by atoms with Crippen molar-refractivity contribution in [2.24, 2.45) is 0 Å². The van der Waals surface area contributed by atoms with E-state index in [1.807, 2.05) is 11.8 Å². The maximum absolute atomic E-state index is 6.08. The molecule has 2 aliphatic rings. The molecule has 0 aliphatic carbocycles. The van der Waals surface area contributed by atoms with Crippen LogP contribution in [0.2, 0.25) is 0 Å². The summed E-state index contributed by atoms with van der Waals surface area (Å²) in [6.07, 6.45) is 2.90. The van der Waals surface area contributed by atoms with E-state index in [0.717, 1.165) is 63.9 Å². The number of hydrogen-bond acceptors (Lipinski definition) is 7. The van der Waals surface area contributed by atoms with Crippen molar-refractivity contribution in [2.45, 2.75) is 19.1 Å². The molecule has 0 saturated carbocycles. The Balaban J connectivity index is 1.32. The largest absolute Gasteiger partial charge is 0.375 e. The number of nitrogens with zero attached hydrogens (tertiary/aromatic N) is 4. The molecule has 4 rings (SSSR count). The summed E-state index contributed by atoms with van der Waals surface area (Å²) in [7, 11) is 0. The Morgan fingerprint density at radius 3 is 2.82 bits per heavy atom. The normalized spacial score (nSPS) is 21.3. The fourth-order valence-electron chi connectivity index (χ4n) is 3.71. The maximum atomic E-state index is 6.08. The van der Waals surface area contributed by atoms with Crippen LogP contribution in [-0.4, -0.2) is 71.8 Å². The Hall–Kier alpha value is -1.83. The van der Waals surface area contributed by atoms with Crippen LogP contribution in [0, 0.1) is 0 Å². The van der Waals surface area contributed by atoms with E-state index in [4.69, 9.17) is 4.74 Å². The van der Waals surface area contributed by atoms with Crippen molar-refractivity contribution < 1.29 is 4.74 Å². The molecular formula is C21H29N5OS. The molecule has 0 amide bonds. The first-order valence-corrected chi connectivity index (χ1v) is 11.3. The Morgan fingerprint density at radius 2 is 1.96 bits per heavy atom. The Morgan fingerprint density at radius 1 is 1.11 bits per heavy atom. The molecule has 1 aromatic carbocycles. The molecule has 2 fully saturated rings. The second-order valence-corrected chi connectivity index (χ2v) is 8.53. The minimum Gasteiger partial charge on any atom is -0.375 e. The lowest BCUT2D eigenvalue weighted by Crippen LogP contribution is -2.35. The van der Waals surface area contributed by atoms with Gasteiger partial charge in [-0.15, -0.1) is 0 Å². The first-order valence-electron chi connectivity index (χ1n) is 10.1. The van der Waals surface area contributed by atoms with Crippen LogP contribution in [0.5, 0.6) is 0 Å². The van der Waals surface area contributed by atoms with Crippen LogP contribution in [0.1, 0.15) is 12.0 Å². The summed E-state index contributed by atoms with van der Waals surface area (Å²) < 4.78 is 6.08. The molecule has 28 heavy (non-hydrogen) atoms. The SMILES string of the molecule is c1ccc(CN2CCCOC(CNc3cc(N4CCSCC4)ncn3)C2)cc1. The maximum Gasteiger partial charge on any atom is 0.134 e. The van der Waals surface area contributed by atoms with Crippen LogP contribution in [0.4, 0.5) is 11.6 Å². The van der Waals surface area contributed by atoms with E-state index >= 15 is 0 Å². The zero-order valence-corrected chi connectivity index (χ0v) is 17.1. The molecule has 2 saturated heterocycles. The van der Waals surface area contributed by atoms with Crippen LogP contribution in [-0.2, 0) is 11.3 Å². The van der Waals surface area contributed by atoms with Gasteiger partial charge in [0.15, 0.2) is 0 Å². The van der Waals surface area contributed by atoms with Gasteiger partial charge in [0.05, 0.1) is 6.10 Å². The molecule has 1 atom stereocenters. The van der Waals surface area contributed by atoms with E-state index in [1.165, 1.54) is 17.1 Å². The fraction of sp³-hybridized carbons (Fsp3) is 0.524. The molecule has 1 N–H and O–H groups in total. The van der Waals surface area contributed by atoms with E-state index in [1.54, 1.807) is 6.33 Å². The smallest absolute Gasteiger partial charge is 0.134 e. The number of anilines is 2. The van der Waals surface area contributed by atoms with E-state index < -0.39 is 0 Å². The second kappa shape index (κ2) is 10.1. The van der Waals surface area contributed by atoms with Gasteiger partial charge in [0.1, 0.15) is 18.0 Å². The summed E-state index contributed by atoms with van der Waals surface area (Å²) in [5, 5.41) is 3.47. The van der Waals surface area contributed by atoms with Gasteiger partial charge in [0, 0.05) is 63.4 Å². The van der Waals surface area contributed by atoms with Gasteiger partial charge in [0.25, 0.3) is 0 Å². The van der Waals surface area contributed by atoms with Crippen LogP contribution in [0.25, 0.3) is 0 Å². The molecule has 1 aromatic heterocycles. The number of ether oxygens (including phenoxy) is 1. The molecule has 7 heteroatoms. The third-order valence-corrected chi connectivity index (χ3v) is 6.12. The van der Waals surface area contributed by atoms with Gasteiger partial charge >= 0.3 is 0 Å². The van der Waals surface area contributed by atoms with E-state index in [9.17, 15) is 0 Å². The summed E-state index contributed by atoms with van der Waals surface area (Å²) in [5.74, 6) is 4.23. The first-order chi connectivity index (χ1) is 13.9. The summed E-state index contributed by atoms with van der Waals surface area (Å²) in [6, 6.07) is 12.7. The van der Waals surface area contributed by atoms with Crippen LogP contribution in [0.15, 0.2) is 42.7 Å². The van der Waals surface area contributed by atoms with Crippen molar-refractivity contribution in [1.82, 2.24) is 14.9 Å². The topological polar surface area (TPSA) is 53.5 Å². The van der Waals surface area contributed by atoms with Crippen LogP contribution < -0.4 is 10.2 Å². The molecule has 0 spiro atoms. The number of nitrogens with one attached hydrogen (secondary N) is 1. The minimum atomic E-state index is 0.163. The third-order valence-electron chi connectivity index (χ3n) is 5.18. The standard InChI is InChI=1S/C21H29N5OS/c1-2-5-18(6-3-1)15-25-7-4-10-27-19(16-25)14-22-20-13-21(24-17-23-20)26-8-11-28-12-9-26/h1-3,5-6,13,17,19H,4,7-12,14-16H2,(H,22,23,24). The van der Waals surface area contributed by atoms with Gasteiger partial charge in [-0.1, -0.05) is 30.3 Å². The predicted molar refractivity (Wildman–Crippen MR) is 116 cm³/mol. The van der Waals surface area contributed by atoms with Crippen molar-refractivity contribution in [3.63, 3.8) is 0 Å². The molecular weight excluding hydrogens is 370 g/mol. The Kier molecular flexibility index (Phi) is 7.02. The number of hydrogen-bond donors (Lipinski definition) is 1. The minimum absolute atomic E-state index is 0.163. The fourth-order valence-corrected chi connectivity index (χ4v) is 4.61. The molecule has 3 heterocycles. The molecule has 2 aliphatic heterocycles. The van der Waals surface area contributed by atoms with Gasteiger partial charge in [-0.3, -0.25) is 4.90 Å². The summed E-state index contributed by atoms with van der Waals surface area (Å²) >= 11 is 2.01. The molecule has 0 bridgehead atoms. The zero-order chi connectivity index (χ0) is 19.0. The summed E-state index contributed by atoms with van der Waals surface area (Å²) in [6.45, 7) is 6.68. The monoisotopic (exact) mass is 399 g/mol. The predicted octanol–water partition coefficient (Wildman–Crippen LogP) is 2.73. The van der Waals surface area contributed by atoms with E-state index in [-0.39, 0.29) is 6.10 Å². The van der Waals surface area contributed by atoms with Gasteiger partial charge in [-0.05, 0) is 12.0 Å². The zero-order valence-electron chi connectivity index (χ0n) is 16.3. The number of aromatic nitrogens is 2. The van der Waals surface area contributed by atoms with E-state index in [2.05, 4.69) is 61.5 Å². The molecule has 150 valence electrons. The van der Waals surface area contributed by atoms with Gasteiger partial charge < -0.3 is 15.0 Å². The Bertz CT molecular complexity index is 726. The molecule has 1 unspecified atom stereocenters. The number of rotatable bonds is 6. The second-order valence-electron chi connectivity index (χ2n) is 7.31. The lowest BCUT2D eigenvalue weighted by molar-refractivity contribution is 0.0624. The molecule has 2 aromatic rings. The average molecular weight is 400 g/mol. The van der Waals surface area contributed by atoms with E-state index in [0.29, 0.717) is 0 Å². The number of thioether (sulfide) groups is 1. The lowest BCUT2D eigenvalue weighted by atomic mass is 10.2. The van der Waals surface area contributed by atoms with Gasteiger partial charge in [-0.2, -0.15) is 11.8 Å². The quantitative estimate of drug-likeness (QED) is 0.801. The van der Waals surface area contributed by atoms with Crippen molar-refractivity contribution >= 4 is 23.4 Å². The lowest BCUT2D eigenvalue weighted by Gasteiger charge is -2.27. The summed E-state index contributed by atoms with van der Waals surface area (Å²) in [4.78, 5) is 13.7. The van der Waals surface area contributed by atoms with Gasteiger partial charge in [-0.25, -0.2) is 9.97 Å². The number of benzene rings is 1. The van der Waals surface area contributed by atoms with Gasteiger partial charge in [0.2, 0.25) is 0 Å². The van der Waals surface area contributed by atoms with Crippen LogP contribution >= 0.6 is 11.8 Å². The van der Waals surface area contributed by atoms with Crippen molar-refractivity contribution in [3.8, 4) is 0 Å². The highest BCUT2D eigenvalue weighted by Crippen LogP contribution is 2.19. The Labute approximate surface area is 171 Å². The average Bonchev–Trinajstić information content (AvgIpc) is 2.99. The molecule has 0 radical (unpaired) electrons. The molecule has 6 nitrogen and oxygen atoms in total. The summed E-state index contributed by atoms with van der Waals surface area (Å²) in [5.41, 5.74) is 1.36.